The molecule has 6 nitrogen and oxygen atoms in total. The van der Waals surface area contributed by atoms with Gasteiger partial charge >= 0.3 is 0 Å². The molecule has 1 unspecified atom stereocenters. The summed E-state index contributed by atoms with van der Waals surface area (Å²) in [6.07, 6.45) is 0. The van der Waals surface area contributed by atoms with E-state index < -0.39 is 0 Å². The van der Waals surface area contributed by atoms with Crippen molar-refractivity contribution in [2.45, 2.75) is 13.0 Å². The van der Waals surface area contributed by atoms with E-state index in [-0.39, 0.29) is 18.7 Å². The fourth-order valence-electron chi connectivity index (χ4n) is 2.53. The number of hydrogen-bond acceptors (Lipinski definition) is 5. The Balaban J connectivity index is 1.77. The van der Waals surface area contributed by atoms with E-state index >= 15 is 0 Å². The molecule has 0 bridgehead atoms. The van der Waals surface area contributed by atoms with E-state index in [2.05, 4.69) is 5.32 Å². The van der Waals surface area contributed by atoms with Crippen LogP contribution >= 0.6 is 0 Å². The van der Waals surface area contributed by atoms with Crippen LogP contribution in [0.4, 0.5) is 0 Å². The van der Waals surface area contributed by atoms with Crippen molar-refractivity contribution < 1.29 is 23.7 Å². The van der Waals surface area contributed by atoms with Crippen LogP contribution in [0.1, 0.15) is 28.9 Å². The molecule has 126 valence electrons. The number of carbonyl (C=O) groups excluding carboxylic acids is 1. The van der Waals surface area contributed by atoms with Crippen LogP contribution in [-0.2, 0) is 0 Å². The van der Waals surface area contributed by atoms with E-state index in [9.17, 15) is 4.79 Å². The van der Waals surface area contributed by atoms with Gasteiger partial charge in [-0.2, -0.15) is 0 Å². The van der Waals surface area contributed by atoms with Crippen molar-refractivity contribution in [3.63, 3.8) is 0 Å². The number of nitrogens with one attached hydrogen (secondary N) is 1. The Kier molecular flexibility index (Phi) is 4.46. The minimum Gasteiger partial charge on any atom is -0.497 e. The van der Waals surface area contributed by atoms with E-state index in [0.717, 1.165) is 5.56 Å². The van der Waals surface area contributed by atoms with Crippen molar-refractivity contribution in [1.82, 2.24) is 5.32 Å². The predicted octanol–water partition coefficient (Wildman–Crippen LogP) is 2.92. The van der Waals surface area contributed by atoms with Crippen molar-refractivity contribution in [2.75, 3.05) is 21.0 Å². The molecule has 1 aliphatic heterocycles. The molecule has 1 aliphatic rings. The molecule has 1 N–H and O–H groups in total. The summed E-state index contributed by atoms with van der Waals surface area (Å²) >= 11 is 0. The number of fused-ring (bicyclic) bond motifs is 1. The quantitative estimate of drug-likeness (QED) is 0.913. The lowest BCUT2D eigenvalue weighted by molar-refractivity contribution is 0.0936. The minimum absolute atomic E-state index is 0.196. The van der Waals surface area contributed by atoms with Crippen LogP contribution in [-0.4, -0.2) is 26.9 Å². The van der Waals surface area contributed by atoms with E-state index in [4.69, 9.17) is 18.9 Å². The van der Waals surface area contributed by atoms with E-state index in [0.29, 0.717) is 28.6 Å². The van der Waals surface area contributed by atoms with Gasteiger partial charge in [0, 0.05) is 6.07 Å². The summed E-state index contributed by atoms with van der Waals surface area (Å²) in [7, 11) is 3.09. The standard InChI is InChI=1S/C18H19NO5/c1-11(12-4-7-15-17(8-12)24-10-23-15)19-18(20)14-6-5-13(21-2)9-16(14)22-3/h4-9,11H,10H2,1-3H3,(H,19,20). The van der Waals surface area contributed by atoms with Crippen molar-refractivity contribution in [2.24, 2.45) is 0 Å². The topological polar surface area (TPSA) is 66.0 Å². The Morgan fingerprint density at radius 2 is 1.88 bits per heavy atom. The molecule has 0 radical (unpaired) electrons. The SMILES string of the molecule is COc1ccc(C(=O)NC(C)c2ccc3c(c2)OCO3)c(OC)c1. The zero-order valence-electron chi connectivity index (χ0n) is 13.8. The number of rotatable bonds is 5. The normalized spacial score (nSPS) is 13.3. The minimum atomic E-state index is -0.223. The smallest absolute Gasteiger partial charge is 0.255 e. The number of ether oxygens (including phenoxy) is 4. The van der Waals surface area contributed by atoms with Crippen molar-refractivity contribution in [3.8, 4) is 23.0 Å². The maximum Gasteiger partial charge on any atom is 0.255 e. The molecular formula is C18H19NO5. The molecule has 0 saturated carbocycles. The van der Waals surface area contributed by atoms with Gasteiger partial charge in [-0.3, -0.25) is 4.79 Å². The molecule has 0 aliphatic carbocycles. The Labute approximate surface area is 140 Å². The van der Waals surface area contributed by atoms with Crippen LogP contribution in [0.2, 0.25) is 0 Å². The average molecular weight is 329 g/mol. The molecule has 3 rings (SSSR count). The summed E-state index contributed by atoms with van der Waals surface area (Å²) in [4.78, 5) is 12.6. The molecular weight excluding hydrogens is 310 g/mol. The van der Waals surface area contributed by atoms with Gasteiger partial charge in [0.15, 0.2) is 11.5 Å². The number of amides is 1. The second-order valence-corrected chi connectivity index (χ2v) is 5.37. The first-order valence-electron chi connectivity index (χ1n) is 7.55. The molecule has 0 saturated heterocycles. The van der Waals surface area contributed by atoms with Crippen molar-refractivity contribution in [3.05, 3.63) is 47.5 Å². The number of hydrogen-bond donors (Lipinski definition) is 1. The maximum atomic E-state index is 12.6. The highest BCUT2D eigenvalue weighted by Crippen LogP contribution is 2.34. The predicted molar refractivity (Wildman–Crippen MR) is 88.0 cm³/mol. The van der Waals surface area contributed by atoms with Gasteiger partial charge in [-0.25, -0.2) is 0 Å². The highest BCUT2D eigenvalue weighted by Gasteiger charge is 2.19. The molecule has 2 aromatic carbocycles. The monoisotopic (exact) mass is 329 g/mol. The summed E-state index contributed by atoms with van der Waals surface area (Å²) in [5.41, 5.74) is 1.38. The van der Waals surface area contributed by atoms with Gasteiger partial charge < -0.3 is 24.3 Å². The molecule has 1 atom stereocenters. The van der Waals surface area contributed by atoms with E-state index in [1.54, 1.807) is 25.3 Å². The lowest BCUT2D eigenvalue weighted by Crippen LogP contribution is -2.27. The lowest BCUT2D eigenvalue weighted by atomic mass is 10.1. The average Bonchev–Trinajstić information content (AvgIpc) is 3.08. The Morgan fingerprint density at radius 3 is 2.62 bits per heavy atom. The molecule has 6 heteroatoms. The first-order chi connectivity index (χ1) is 11.6. The lowest BCUT2D eigenvalue weighted by Gasteiger charge is -2.16. The van der Waals surface area contributed by atoms with Crippen molar-refractivity contribution in [1.29, 1.82) is 0 Å². The van der Waals surface area contributed by atoms with E-state index in [1.807, 2.05) is 25.1 Å². The summed E-state index contributed by atoms with van der Waals surface area (Å²) in [5.74, 6) is 2.28. The van der Waals surface area contributed by atoms with E-state index in [1.165, 1.54) is 7.11 Å². The fourth-order valence-corrected chi connectivity index (χ4v) is 2.53. The highest BCUT2D eigenvalue weighted by molar-refractivity contribution is 5.97. The van der Waals surface area contributed by atoms with Crippen LogP contribution < -0.4 is 24.3 Å². The van der Waals surface area contributed by atoms with Gasteiger partial charge in [0.2, 0.25) is 6.79 Å². The highest BCUT2D eigenvalue weighted by atomic mass is 16.7. The number of carbonyl (C=O) groups is 1. The number of benzene rings is 2. The van der Waals surface area contributed by atoms with Gasteiger partial charge in [-0.1, -0.05) is 6.07 Å². The molecule has 0 fully saturated rings. The largest absolute Gasteiger partial charge is 0.497 e. The first kappa shape index (κ1) is 16.0. The van der Waals surface area contributed by atoms with Gasteiger partial charge in [-0.05, 0) is 36.8 Å². The zero-order valence-corrected chi connectivity index (χ0v) is 13.8. The van der Waals surface area contributed by atoms with Gasteiger partial charge in [0.05, 0.1) is 25.8 Å². The third-order valence-corrected chi connectivity index (χ3v) is 3.90. The molecule has 24 heavy (non-hydrogen) atoms. The summed E-state index contributed by atoms with van der Waals surface area (Å²) in [6, 6.07) is 10.5. The molecule has 1 amide bonds. The van der Waals surface area contributed by atoms with Gasteiger partial charge in [0.25, 0.3) is 5.91 Å². The Bertz CT molecular complexity index is 759. The van der Waals surface area contributed by atoms with Gasteiger partial charge in [0.1, 0.15) is 11.5 Å². The molecule has 0 spiro atoms. The maximum absolute atomic E-state index is 12.6. The third kappa shape index (κ3) is 3.08. The molecule has 2 aromatic rings. The molecule has 1 heterocycles. The summed E-state index contributed by atoms with van der Waals surface area (Å²) < 4.78 is 21.1. The second kappa shape index (κ2) is 6.70. The third-order valence-electron chi connectivity index (χ3n) is 3.90. The summed E-state index contributed by atoms with van der Waals surface area (Å²) in [6.45, 7) is 2.13. The van der Waals surface area contributed by atoms with Crippen LogP contribution in [0, 0.1) is 0 Å². The second-order valence-electron chi connectivity index (χ2n) is 5.37. The first-order valence-corrected chi connectivity index (χ1v) is 7.55. The fraction of sp³-hybridized carbons (Fsp3) is 0.278. The van der Waals surface area contributed by atoms with Crippen LogP contribution in [0.5, 0.6) is 23.0 Å². The Morgan fingerprint density at radius 1 is 1.08 bits per heavy atom. The van der Waals surface area contributed by atoms with Crippen molar-refractivity contribution >= 4 is 5.91 Å². The Hall–Kier alpha value is -2.89. The summed E-state index contributed by atoms with van der Waals surface area (Å²) in [5, 5.41) is 2.96. The number of methoxy groups -OCH3 is 2. The zero-order chi connectivity index (χ0) is 17.1. The van der Waals surface area contributed by atoms with Crippen LogP contribution in [0.15, 0.2) is 36.4 Å². The van der Waals surface area contributed by atoms with Crippen LogP contribution in [0.3, 0.4) is 0 Å². The van der Waals surface area contributed by atoms with Gasteiger partial charge in [-0.15, -0.1) is 0 Å². The molecule has 0 aromatic heterocycles. The van der Waals surface area contributed by atoms with Crippen LogP contribution in [0.25, 0.3) is 0 Å².